The largest absolute Gasteiger partial charge is 2.00 e. The molecule has 0 fully saturated rings. The van der Waals surface area contributed by atoms with Crippen molar-refractivity contribution in [2.75, 3.05) is 6.61 Å². The molecule has 0 saturated carbocycles. The Balaban J connectivity index is -0.00000104. The number of carbonyl (C=O) groups excluding carboxylic acids is 1. The summed E-state index contributed by atoms with van der Waals surface area (Å²) in [7, 11) is -4.78. The third-order valence-electron chi connectivity index (χ3n) is 4.22. The van der Waals surface area contributed by atoms with Gasteiger partial charge in [0.25, 0.3) is 10.1 Å². The second-order valence-corrected chi connectivity index (χ2v) is 8.26. The van der Waals surface area contributed by atoms with Crippen LogP contribution in [0.3, 0.4) is 0 Å². The van der Waals surface area contributed by atoms with Crippen molar-refractivity contribution in [2.45, 2.75) is 95.6 Å². The molecule has 0 aromatic rings. The van der Waals surface area contributed by atoms with Crippen LogP contribution < -0.4 is 0 Å². The predicted octanol–water partition coefficient (Wildman–Crippen LogP) is 3.81. The maximum atomic E-state index is 11.6. The van der Waals surface area contributed by atoms with Crippen molar-refractivity contribution in [3.63, 3.8) is 0 Å². The van der Waals surface area contributed by atoms with E-state index >= 15 is 0 Å². The Morgan fingerprint density at radius 1 is 0.889 bits per heavy atom. The van der Waals surface area contributed by atoms with Crippen molar-refractivity contribution < 1.29 is 35.3 Å². The van der Waals surface area contributed by atoms with Crippen LogP contribution in [0.1, 0.15) is 93.2 Å². The number of carboxylic acid groups (broad SMARTS) is 1. The molecule has 0 rings (SSSR count). The minimum atomic E-state index is -4.78. The van der Waals surface area contributed by atoms with Crippen molar-refractivity contribution in [2.24, 2.45) is 0 Å². The van der Waals surface area contributed by atoms with Crippen LogP contribution in [0.25, 0.3) is 0 Å². The molecule has 0 aliphatic rings. The molecule has 1 unspecified atom stereocenters. The number of carbonyl (C=O) groups is 2. The van der Waals surface area contributed by atoms with E-state index in [4.69, 9.17) is 14.4 Å². The van der Waals surface area contributed by atoms with E-state index in [1.165, 1.54) is 51.4 Å². The molecular formula is C18H36CaO7S. The summed E-state index contributed by atoms with van der Waals surface area (Å²) < 4.78 is 35.8. The maximum Gasteiger partial charge on any atom is 2.00 e. The fourth-order valence-electron chi connectivity index (χ4n) is 2.68. The van der Waals surface area contributed by atoms with Crippen LogP contribution in [0, 0.1) is 0 Å². The van der Waals surface area contributed by atoms with Crippen LogP contribution in [0.5, 0.6) is 0 Å². The first kappa shape index (κ1) is 29.3. The summed E-state index contributed by atoms with van der Waals surface area (Å²) >= 11 is 0. The molecule has 0 aliphatic heterocycles. The summed E-state index contributed by atoms with van der Waals surface area (Å²) in [6.45, 7) is 2.24. The van der Waals surface area contributed by atoms with Crippen molar-refractivity contribution in [3.8, 4) is 0 Å². The number of hydrogen-bond donors (Lipinski definition) is 2. The van der Waals surface area contributed by atoms with Crippen LogP contribution >= 0.6 is 0 Å². The van der Waals surface area contributed by atoms with Gasteiger partial charge in [0.1, 0.15) is 0 Å². The van der Waals surface area contributed by atoms with Crippen molar-refractivity contribution in [1.29, 1.82) is 0 Å². The molecule has 0 aliphatic carbocycles. The first-order valence-electron chi connectivity index (χ1n) is 9.63. The predicted molar refractivity (Wildman–Crippen MR) is 108 cm³/mol. The van der Waals surface area contributed by atoms with Crippen molar-refractivity contribution in [1.82, 2.24) is 0 Å². The van der Waals surface area contributed by atoms with E-state index < -0.39 is 33.7 Å². The van der Waals surface area contributed by atoms with Crippen molar-refractivity contribution >= 4 is 59.8 Å². The summed E-state index contributed by atoms with van der Waals surface area (Å²) in [5.41, 5.74) is 0. The third kappa shape index (κ3) is 17.9. The molecular weight excluding hydrogens is 400 g/mol. The molecule has 0 radical (unpaired) electrons. The van der Waals surface area contributed by atoms with Gasteiger partial charge in [-0.25, -0.2) is 0 Å². The molecule has 27 heavy (non-hydrogen) atoms. The number of carboxylic acids is 1. The number of unbranched alkanes of at least 4 members (excludes halogenated alkanes) is 11. The van der Waals surface area contributed by atoms with Gasteiger partial charge in [-0.15, -0.1) is 0 Å². The zero-order chi connectivity index (χ0) is 19.8. The zero-order valence-corrected chi connectivity index (χ0v) is 19.6. The van der Waals surface area contributed by atoms with Crippen LogP contribution in [-0.2, 0) is 24.4 Å². The summed E-state index contributed by atoms with van der Waals surface area (Å²) in [5, 5.41) is 6.54. The van der Waals surface area contributed by atoms with E-state index in [2.05, 4.69) is 6.92 Å². The topological polar surface area (TPSA) is 118 Å². The SMILES string of the molecule is CCCCCCCCCCCCCCOC(=O)C(CC(=O)O)S(=O)(=O)O.[Ca+2].[H-].[H-]. The van der Waals surface area contributed by atoms with Gasteiger partial charge in [0.15, 0.2) is 5.25 Å². The molecule has 0 spiro atoms. The molecule has 7 nitrogen and oxygen atoms in total. The van der Waals surface area contributed by atoms with E-state index in [0.29, 0.717) is 6.42 Å². The van der Waals surface area contributed by atoms with Gasteiger partial charge < -0.3 is 12.7 Å². The van der Waals surface area contributed by atoms with E-state index in [0.717, 1.165) is 19.3 Å². The summed E-state index contributed by atoms with van der Waals surface area (Å²) in [6, 6.07) is 0. The van der Waals surface area contributed by atoms with Crippen molar-refractivity contribution in [3.05, 3.63) is 0 Å². The molecule has 0 saturated heterocycles. The fraction of sp³-hybridized carbons (Fsp3) is 0.889. The van der Waals surface area contributed by atoms with Crippen LogP contribution in [0.15, 0.2) is 0 Å². The Labute approximate surface area is 196 Å². The summed E-state index contributed by atoms with van der Waals surface area (Å²) in [4.78, 5) is 22.2. The smallest absolute Gasteiger partial charge is 1.00 e. The van der Waals surface area contributed by atoms with E-state index in [-0.39, 0.29) is 47.2 Å². The number of aliphatic carboxylic acids is 1. The second-order valence-electron chi connectivity index (χ2n) is 6.66. The monoisotopic (exact) mass is 436 g/mol. The van der Waals surface area contributed by atoms with Crippen LogP contribution in [0.4, 0.5) is 0 Å². The molecule has 9 heteroatoms. The number of hydrogen-bond acceptors (Lipinski definition) is 5. The Morgan fingerprint density at radius 2 is 1.30 bits per heavy atom. The normalized spacial score (nSPS) is 12.2. The van der Waals surface area contributed by atoms with E-state index in [1.807, 2.05) is 0 Å². The van der Waals surface area contributed by atoms with Gasteiger partial charge in [-0.3, -0.25) is 14.1 Å². The minimum absolute atomic E-state index is 0. The fourth-order valence-corrected chi connectivity index (χ4v) is 3.34. The van der Waals surface area contributed by atoms with Gasteiger partial charge in [0.2, 0.25) is 0 Å². The Kier molecular flexibility index (Phi) is 19.7. The standard InChI is InChI=1S/C18H34O7S.Ca.2H/c1-2-3-4-5-6-7-8-9-10-11-12-13-14-25-18(21)16(15-17(19)20)26(22,23)24;;;/h16H,2-15H2,1H3,(H,19,20)(H,22,23,24);;;/q;+2;2*-1. The van der Waals surface area contributed by atoms with Gasteiger partial charge in [0, 0.05) is 0 Å². The van der Waals surface area contributed by atoms with Gasteiger partial charge in [-0.2, -0.15) is 8.42 Å². The molecule has 0 aromatic carbocycles. The molecule has 0 bridgehead atoms. The first-order chi connectivity index (χ1) is 12.3. The third-order valence-corrected chi connectivity index (χ3v) is 5.30. The van der Waals surface area contributed by atoms with Crippen LogP contribution in [0.2, 0.25) is 0 Å². The molecule has 2 N–H and O–H groups in total. The van der Waals surface area contributed by atoms with E-state index in [1.54, 1.807) is 0 Å². The molecule has 158 valence electrons. The number of rotatable bonds is 17. The van der Waals surface area contributed by atoms with Gasteiger partial charge in [0.05, 0.1) is 13.0 Å². The average Bonchev–Trinajstić information content (AvgIpc) is 2.55. The second kappa shape index (κ2) is 18.2. The average molecular weight is 437 g/mol. The minimum Gasteiger partial charge on any atom is -1.00 e. The number of esters is 1. The van der Waals surface area contributed by atoms with Gasteiger partial charge >= 0.3 is 49.7 Å². The zero-order valence-electron chi connectivity index (χ0n) is 18.5. The molecule has 0 amide bonds. The molecule has 1 atom stereocenters. The molecule has 0 heterocycles. The Hall–Kier alpha value is 0.110. The van der Waals surface area contributed by atoms with Gasteiger partial charge in [-0.1, -0.05) is 77.6 Å². The Morgan fingerprint density at radius 3 is 1.67 bits per heavy atom. The van der Waals surface area contributed by atoms with Gasteiger partial charge in [-0.05, 0) is 6.42 Å². The van der Waals surface area contributed by atoms with Crippen LogP contribution in [-0.4, -0.2) is 79.6 Å². The number of ether oxygens (including phenoxy) is 1. The Bertz CT molecular complexity index is 504. The summed E-state index contributed by atoms with van der Waals surface area (Å²) in [5.74, 6) is -2.70. The van der Waals surface area contributed by atoms with E-state index in [9.17, 15) is 18.0 Å². The quantitative estimate of drug-likeness (QED) is 0.154. The maximum absolute atomic E-state index is 11.6. The first-order valence-corrected chi connectivity index (χ1v) is 11.1. The molecule has 0 aromatic heterocycles. The summed E-state index contributed by atoms with van der Waals surface area (Å²) in [6.07, 6.45) is 12.9.